The number of aromatic nitrogens is 2. The van der Waals surface area contributed by atoms with Gasteiger partial charge in [0.15, 0.2) is 5.82 Å². The van der Waals surface area contributed by atoms with E-state index in [1.165, 1.54) is 6.92 Å². The van der Waals surface area contributed by atoms with Gasteiger partial charge in [-0.25, -0.2) is 14.3 Å². The molecule has 1 aliphatic heterocycles. The van der Waals surface area contributed by atoms with Crippen LogP contribution in [0.4, 0.5) is 4.39 Å². The monoisotopic (exact) mass is 490 g/mol. The average Bonchev–Trinajstić information content (AvgIpc) is 3.22. The molecule has 2 aromatic rings. The fourth-order valence-corrected chi connectivity index (χ4v) is 5.26. The highest BCUT2D eigenvalue weighted by atomic mass is 19.1. The molecule has 1 amide bonds. The lowest BCUT2D eigenvalue weighted by Crippen LogP contribution is -2.49. The average molecular weight is 491 g/mol. The minimum absolute atomic E-state index is 0.127. The molecule has 0 bridgehead atoms. The first-order valence-electron chi connectivity index (χ1n) is 12.7. The number of nitrogens with one attached hydrogen (secondary N) is 2. The Kier molecular flexibility index (Phi) is 7.80. The Labute approximate surface area is 206 Å². The zero-order chi connectivity index (χ0) is 25.3. The van der Waals surface area contributed by atoms with Gasteiger partial charge in [0.2, 0.25) is 12.3 Å². The van der Waals surface area contributed by atoms with E-state index < -0.39 is 23.9 Å². The Bertz CT molecular complexity index is 1030. The van der Waals surface area contributed by atoms with Crippen molar-refractivity contribution in [1.29, 1.82) is 0 Å². The molecule has 9 heteroatoms. The number of morpholine rings is 1. The van der Waals surface area contributed by atoms with Crippen molar-refractivity contribution in [1.82, 2.24) is 20.2 Å². The highest BCUT2D eigenvalue weighted by Gasteiger charge is 2.35. The fraction of sp³-hybridized carbons (Fsp3) is 0.692. The number of rotatable bonds is 6. The second-order valence-corrected chi connectivity index (χ2v) is 11.1. The number of hydrogen-bond acceptors (Lipinski definition) is 6. The van der Waals surface area contributed by atoms with E-state index in [0.717, 1.165) is 25.7 Å². The van der Waals surface area contributed by atoms with Crippen LogP contribution in [0, 0.1) is 17.7 Å². The van der Waals surface area contributed by atoms with E-state index in [4.69, 9.17) is 9.47 Å². The van der Waals surface area contributed by atoms with Gasteiger partial charge >= 0.3 is 0 Å². The van der Waals surface area contributed by atoms with E-state index in [0.29, 0.717) is 36.0 Å². The third kappa shape index (κ3) is 6.02. The van der Waals surface area contributed by atoms with Crippen molar-refractivity contribution in [2.75, 3.05) is 19.8 Å². The summed E-state index contributed by atoms with van der Waals surface area (Å²) in [6, 6.07) is 2.72. The molecule has 194 valence electrons. The van der Waals surface area contributed by atoms with Crippen LogP contribution in [0.2, 0.25) is 0 Å². The van der Waals surface area contributed by atoms with Gasteiger partial charge in [-0.15, -0.1) is 0 Å². The van der Waals surface area contributed by atoms with Crippen LogP contribution in [0.25, 0.3) is 11.0 Å². The molecule has 35 heavy (non-hydrogen) atoms. The maximum Gasteiger partial charge on any atom is 0.217 e. The van der Waals surface area contributed by atoms with Gasteiger partial charge in [-0.1, -0.05) is 25.8 Å². The molecule has 3 atom stereocenters. The van der Waals surface area contributed by atoms with Gasteiger partial charge in [0, 0.05) is 19.0 Å². The molecule has 2 heterocycles. The number of carbonyl (C=O) groups is 1. The molecule has 0 spiro atoms. The summed E-state index contributed by atoms with van der Waals surface area (Å²) in [6.45, 7) is 10.4. The van der Waals surface area contributed by atoms with E-state index >= 15 is 4.39 Å². The summed E-state index contributed by atoms with van der Waals surface area (Å²) in [5.74, 6) is 0.937. The molecular weight excluding hydrogens is 451 g/mol. The van der Waals surface area contributed by atoms with Crippen molar-refractivity contribution >= 4 is 16.9 Å². The minimum atomic E-state index is -1.19. The molecular formula is C26H39FN4O4. The molecule has 4 rings (SSSR count). The second kappa shape index (κ2) is 10.5. The highest BCUT2D eigenvalue weighted by molar-refractivity contribution is 5.78. The number of imidazole rings is 1. The van der Waals surface area contributed by atoms with Crippen LogP contribution in [-0.2, 0) is 14.3 Å². The molecule has 1 aromatic carbocycles. The Morgan fingerprint density at radius 3 is 2.69 bits per heavy atom. The van der Waals surface area contributed by atoms with E-state index in [1.807, 2.05) is 26.8 Å². The number of aliphatic hydroxyl groups excluding tert-OH is 1. The summed E-state index contributed by atoms with van der Waals surface area (Å²) in [5.41, 5.74) is 0.649. The van der Waals surface area contributed by atoms with Crippen molar-refractivity contribution < 1.29 is 23.8 Å². The molecule has 1 aromatic heterocycles. The Morgan fingerprint density at radius 2 is 2.03 bits per heavy atom. The maximum absolute atomic E-state index is 15.9. The number of benzene rings is 1. The lowest BCUT2D eigenvalue weighted by atomic mass is 9.79. The van der Waals surface area contributed by atoms with E-state index in [9.17, 15) is 9.90 Å². The zero-order valence-electron chi connectivity index (χ0n) is 21.4. The maximum atomic E-state index is 15.9. The standard InChI is InChI=1S/C26H39FN4O4/c1-15-6-8-17(9-7-15)22(28-16(2)32)24-29-19-11-10-18(21(27)23(19)30-24)20-14-34-13-12-31(20)25(33)35-26(3,4)5/h10-11,15,17,20,22,25,33H,6-9,12-14H2,1-5H3,(H,28,32)(H,29,30)/t15?,17?,20?,22-,25?/m0/s1. The summed E-state index contributed by atoms with van der Waals surface area (Å²) in [6.07, 6.45) is 3.02. The topological polar surface area (TPSA) is 99.7 Å². The molecule has 2 aliphatic rings. The van der Waals surface area contributed by atoms with Crippen LogP contribution in [0.3, 0.4) is 0 Å². The smallest absolute Gasteiger partial charge is 0.217 e. The normalized spacial score (nSPS) is 26.0. The largest absolute Gasteiger partial charge is 0.378 e. The Morgan fingerprint density at radius 1 is 1.31 bits per heavy atom. The first-order chi connectivity index (χ1) is 16.5. The third-order valence-electron chi connectivity index (χ3n) is 7.10. The summed E-state index contributed by atoms with van der Waals surface area (Å²) in [5, 5.41) is 13.8. The van der Waals surface area contributed by atoms with Gasteiger partial charge < -0.3 is 24.9 Å². The molecule has 2 unspecified atom stereocenters. The number of halogens is 1. The molecule has 1 saturated heterocycles. The van der Waals surface area contributed by atoms with Crippen LogP contribution < -0.4 is 5.32 Å². The van der Waals surface area contributed by atoms with Crippen LogP contribution >= 0.6 is 0 Å². The van der Waals surface area contributed by atoms with E-state index in [2.05, 4.69) is 22.2 Å². The van der Waals surface area contributed by atoms with Crippen molar-refractivity contribution in [3.8, 4) is 0 Å². The number of fused-ring (bicyclic) bond motifs is 1. The number of ether oxygens (including phenoxy) is 2. The van der Waals surface area contributed by atoms with Gasteiger partial charge in [0.25, 0.3) is 0 Å². The summed E-state index contributed by atoms with van der Waals surface area (Å²) < 4.78 is 27.3. The van der Waals surface area contributed by atoms with Crippen LogP contribution in [0.15, 0.2) is 12.1 Å². The summed E-state index contributed by atoms with van der Waals surface area (Å²) in [7, 11) is 0. The number of amides is 1. The van der Waals surface area contributed by atoms with Crippen molar-refractivity contribution in [2.45, 2.75) is 84.4 Å². The lowest BCUT2D eigenvalue weighted by molar-refractivity contribution is -0.263. The van der Waals surface area contributed by atoms with Gasteiger partial charge in [0.1, 0.15) is 11.3 Å². The summed E-state index contributed by atoms with van der Waals surface area (Å²) >= 11 is 0. The molecule has 2 fully saturated rings. The minimum Gasteiger partial charge on any atom is -0.378 e. The number of aliphatic hydroxyl groups is 1. The van der Waals surface area contributed by atoms with Gasteiger partial charge in [-0.05, 0) is 51.5 Å². The predicted molar refractivity (Wildman–Crippen MR) is 131 cm³/mol. The van der Waals surface area contributed by atoms with Crippen molar-refractivity contribution in [2.24, 2.45) is 11.8 Å². The van der Waals surface area contributed by atoms with Gasteiger partial charge in [0.05, 0.1) is 36.4 Å². The third-order valence-corrected chi connectivity index (χ3v) is 7.10. The number of aromatic amines is 1. The van der Waals surface area contributed by atoms with Crippen LogP contribution in [0.5, 0.6) is 0 Å². The Hall–Kier alpha value is -2.07. The predicted octanol–water partition coefficient (Wildman–Crippen LogP) is 4.17. The Balaban J connectivity index is 1.65. The number of H-pyrrole nitrogens is 1. The SMILES string of the molecule is CC(=O)N[C@H](c1nc2c(F)c(C3COCCN3C(O)OC(C)(C)C)ccc2[nH]1)C1CCC(C)CC1. The van der Waals surface area contributed by atoms with Gasteiger partial charge in [-0.2, -0.15) is 0 Å². The van der Waals surface area contributed by atoms with Crippen molar-refractivity contribution in [3.05, 3.63) is 29.3 Å². The molecule has 3 N–H and O–H groups in total. The highest BCUT2D eigenvalue weighted by Crippen LogP contribution is 2.38. The summed E-state index contributed by atoms with van der Waals surface area (Å²) in [4.78, 5) is 21.6. The number of hydrogen-bond donors (Lipinski definition) is 3. The number of carbonyl (C=O) groups excluding carboxylic acids is 1. The van der Waals surface area contributed by atoms with Crippen LogP contribution in [0.1, 0.15) is 83.8 Å². The molecule has 1 saturated carbocycles. The molecule has 8 nitrogen and oxygen atoms in total. The quantitative estimate of drug-likeness (QED) is 0.526. The van der Waals surface area contributed by atoms with Crippen LogP contribution in [-0.4, -0.2) is 57.7 Å². The molecule has 1 aliphatic carbocycles. The van der Waals surface area contributed by atoms with Crippen molar-refractivity contribution in [3.63, 3.8) is 0 Å². The first-order valence-corrected chi connectivity index (χ1v) is 12.7. The zero-order valence-corrected chi connectivity index (χ0v) is 21.4. The second-order valence-electron chi connectivity index (χ2n) is 11.1. The first kappa shape index (κ1) is 26.0. The number of nitrogens with zero attached hydrogens (tertiary/aromatic N) is 2. The van der Waals surface area contributed by atoms with E-state index in [1.54, 1.807) is 11.0 Å². The van der Waals surface area contributed by atoms with Gasteiger partial charge in [-0.3, -0.25) is 4.79 Å². The fourth-order valence-electron chi connectivity index (χ4n) is 5.26. The lowest BCUT2D eigenvalue weighted by Gasteiger charge is -2.40. The molecule has 0 radical (unpaired) electrons. The van der Waals surface area contributed by atoms with E-state index in [-0.39, 0.29) is 30.0 Å².